The maximum absolute atomic E-state index is 11.7. The van der Waals surface area contributed by atoms with Gasteiger partial charge in [0.25, 0.3) is 5.56 Å². The first-order chi connectivity index (χ1) is 10.5. The first-order valence-electron chi connectivity index (χ1n) is 6.75. The molecular formula is C15H16N4O3. The lowest BCUT2D eigenvalue weighted by Crippen LogP contribution is -2.36. The summed E-state index contributed by atoms with van der Waals surface area (Å²) in [6, 6.07) is 10.1. The van der Waals surface area contributed by atoms with Crippen LogP contribution in [0.2, 0.25) is 0 Å². The van der Waals surface area contributed by atoms with Gasteiger partial charge in [-0.25, -0.2) is 4.98 Å². The standard InChI is InChI=1S/C15H16N4O3/c1-10-17-12(9-13(20)18-10)7-8-16-14(21)15(22)19-11-5-3-2-4-6-11/h2-6,9H,7-8H2,1H3,(H,16,21)(H,19,22)(H,17,18,20). The van der Waals surface area contributed by atoms with Gasteiger partial charge in [-0.05, 0) is 19.1 Å². The van der Waals surface area contributed by atoms with E-state index in [1.807, 2.05) is 6.07 Å². The topological polar surface area (TPSA) is 104 Å². The van der Waals surface area contributed by atoms with Gasteiger partial charge in [-0.1, -0.05) is 18.2 Å². The minimum absolute atomic E-state index is 0.219. The van der Waals surface area contributed by atoms with Crippen LogP contribution >= 0.6 is 0 Å². The third-order valence-electron chi connectivity index (χ3n) is 2.82. The van der Waals surface area contributed by atoms with Crippen LogP contribution in [0.1, 0.15) is 11.5 Å². The molecule has 1 aromatic heterocycles. The van der Waals surface area contributed by atoms with Crippen LogP contribution in [0.5, 0.6) is 0 Å². The van der Waals surface area contributed by atoms with Gasteiger partial charge in [0.1, 0.15) is 5.82 Å². The van der Waals surface area contributed by atoms with Crippen LogP contribution in [0.15, 0.2) is 41.2 Å². The van der Waals surface area contributed by atoms with Gasteiger partial charge in [0.15, 0.2) is 0 Å². The predicted molar refractivity (Wildman–Crippen MR) is 81.4 cm³/mol. The second-order valence-electron chi connectivity index (χ2n) is 4.65. The van der Waals surface area contributed by atoms with E-state index in [0.29, 0.717) is 23.6 Å². The molecule has 0 saturated carbocycles. The average molecular weight is 300 g/mol. The van der Waals surface area contributed by atoms with E-state index in [1.54, 1.807) is 31.2 Å². The van der Waals surface area contributed by atoms with Crippen LogP contribution in [0.3, 0.4) is 0 Å². The molecule has 0 aliphatic heterocycles. The van der Waals surface area contributed by atoms with Crippen LogP contribution in [-0.4, -0.2) is 28.3 Å². The number of aryl methyl sites for hydroxylation is 1. The lowest BCUT2D eigenvalue weighted by atomic mass is 10.3. The van der Waals surface area contributed by atoms with Gasteiger partial charge in [0.05, 0.1) is 0 Å². The smallest absolute Gasteiger partial charge is 0.313 e. The fourth-order valence-electron chi connectivity index (χ4n) is 1.86. The molecule has 0 spiro atoms. The summed E-state index contributed by atoms with van der Waals surface area (Å²) in [5, 5.41) is 4.97. The number of hydrogen-bond donors (Lipinski definition) is 3. The first kappa shape index (κ1) is 15.4. The molecule has 0 fully saturated rings. The molecule has 114 valence electrons. The third-order valence-corrected chi connectivity index (χ3v) is 2.82. The molecule has 0 radical (unpaired) electrons. The molecule has 22 heavy (non-hydrogen) atoms. The summed E-state index contributed by atoms with van der Waals surface area (Å²) < 4.78 is 0. The van der Waals surface area contributed by atoms with E-state index in [2.05, 4.69) is 20.6 Å². The molecule has 7 nitrogen and oxygen atoms in total. The van der Waals surface area contributed by atoms with Crippen LogP contribution in [0, 0.1) is 6.92 Å². The Morgan fingerprint density at radius 1 is 1.18 bits per heavy atom. The number of nitrogens with zero attached hydrogens (tertiary/aromatic N) is 1. The van der Waals surface area contributed by atoms with E-state index in [4.69, 9.17) is 0 Å². The summed E-state index contributed by atoms with van der Waals surface area (Å²) >= 11 is 0. The van der Waals surface area contributed by atoms with Gasteiger partial charge in [-0.3, -0.25) is 14.4 Å². The van der Waals surface area contributed by atoms with Gasteiger partial charge in [-0.15, -0.1) is 0 Å². The van der Waals surface area contributed by atoms with Crippen molar-refractivity contribution in [3.8, 4) is 0 Å². The number of benzene rings is 1. The van der Waals surface area contributed by atoms with Crippen molar-refractivity contribution in [1.82, 2.24) is 15.3 Å². The Kier molecular flexibility index (Phi) is 5.02. The summed E-state index contributed by atoms with van der Waals surface area (Å²) in [5.74, 6) is -0.956. The van der Waals surface area contributed by atoms with Gasteiger partial charge >= 0.3 is 11.8 Å². The Labute approximate surface area is 126 Å². The quantitative estimate of drug-likeness (QED) is 0.710. The van der Waals surface area contributed by atoms with Crippen molar-refractivity contribution >= 4 is 17.5 Å². The largest absolute Gasteiger partial charge is 0.347 e. The Balaban J connectivity index is 1.82. The van der Waals surface area contributed by atoms with Crippen molar-refractivity contribution in [2.75, 3.05) is 11.9 Å². The molecule has 0 atom stereocenters. The van der Waals surface area contributed by atoms with Gasteiger partial charge < -0.3 is 15.6 Å². The lowest BCUT2D eigenvalue weighted by molar-refractivity contribution is -0.136. The summed E-state index contributed by atoms with van der Waals surface area (Å²) in [6.07, 6.45) is 0.370. The molecule has 1 aromatic carbocycles. The van der Waals surface area contributed by atoms with Crippen LogP contribution in [0.25, 0.3) is 0 Å². The van der Waals surface area contributed by atoms with E-state index in [0.717, 1.165) is 0 Å². The third kappa shape index (κ3) is 4.55. The summed E-state index contributed by atoms with van der Waals surface area (Å²) in [5.41, 5.74) is 0.871. The minimum atomic E-state index is -0.735. The van der Waals surface area contributed by atoms with Crippen molar-refractivity contribution in [1.29, 1.82) is 0 Å². The number of amides is 2. The highest BCUT2D eigenvalue weighted by molar-refractivity contribution is 6.39. The number of hydrogen-bond acceptors (Lipinski definition) is 4. The highest BCUT2D eigenvalue weighted by atomic mass is 16.2. The number of aromatic nitrogens is 2. The number of nitrogens with one attached hydrogen (secondary N) is 3. The fourth-order valence-corrected chi connectivity index (χ4v) is 1.86. The van der Waals surface area contributed by atoms with Crippen LogP contribution in [-0.2, 0) is 16.0 Å². The molecule has 0 bridgehead atoms. The van der Waals surface area contributed by atoms with Crippen LogP contribution in [0.4, 0.5) is 5.69 Å². The predicted octanol–water partition coefficient (Wildman–Crippen LogP) is 0.376. The van der Waals surface area contributed by atoms with Gasteiger partial charge in [-0.2, -0.15) is 0 Å². The number of para-hydroxylation sites is 1. The molecule has 3 N–H and O–H groups in total. The Morgan fingerprint density at radius 2 is 1.91 bits per heavy atom. The second kappa shape index (κ2) is 7.16. The van der Waals surface area contributed by atoms with E-state index in [9.17, 15) is 14.4 Å². The van der Waals surface area contributed by atoms with E-state index >= 15 is 0 Å². The Bertz CT molecular complexity index is 725. The highest BCUT2D eigenvalue weighted by Crippen LogP contribution is 2.04. The number of carbonyl (C=O) groups is 2. The molecule has 0 unspecified atom stereocenters. The van der Waals surface area contributed by atoms with E-state index < -0.39 is 11.8 Å². The molecule has 0 aliphatic carbocycles. The first-order valence-corrected chi connectivity index (χ1v) is 6.75. The highest BCUT2D eigenvalue weighted by Gasteiger charge is 2.12. The average Bonchev–Trinajstić information content (AvgIpc) is 2.47. The molecule has 0 aliphatic rings. The van der Waals surface area contributed by atoms with E-state index in [-0.39, 0.29) is 12.1 Å². The number of rotatable bonds is 4. The Hall–Kier alpha value is -2.96. The van der Waals surface area contributed by atoms with Crippen molar-refractivity contribution in [2.45, 2.75) is 13.3 Å². The molecule has 0 saturated heterocycles. The molecule has 2 aromatic rings. The number of carbonyl (C=O) groups excluding carboxylic acids is 2. The van der Waals surface area contributed by atoms with Crippen molar-refractivity contribution in [3.63, 3.8) is 0 Å². The van der Waals surface area contributed by atoms with Crippen molar-refractivity contribution in [2.24, 2.45) is 0 Å². The Morgan fingerprint density at radius 3 is 2.59 bits per heavy atom. The molecule has 7 heteroatoms. The number of H-pyrrole nitrogens is 1. The maximum atomic E-state index is 11.7. The summed E-state index contributed by atoms with van der Waals surface area (Å²) in [6.45, 7) is 1.90. The number of aromatic amines is 1. The fraction of sp³-hybridized carbons (Fsp3) is 0.200. The maximum Gasteiger partial charge on any atom is 0.313 e. The lowest BCUT2D eigenvalue weighted by Gasteiger charge is -2.06. The normalized spacial score (nSPS) is 10.0. The molecule has 1 heterocycles. The van der Waals surface area contributed by atoms with Gasteiger partial charge in [0.2, 0.25) is 0 Å². The summed E-state index contributed by atoms with van der Waals surface area (Å²) in [7, 11) is 0. The van der Waals surface area contributed by atoms with Crippen molar-refractivity contribution < 1.29 is 9.59 Å². The minimum Gasteiger partial charge on any atom is -0.347 e. The molecular weight excluding hydrogens is 284 g/mol. The summed E-state index contributed by atoms with van der Waals surface area (Å²) in [4.78, 5) is 41.3. The van der Waals surface area contributed by atoms with E-state index in [1.165, 1.54) is 6.07 Å². The second-order valence-corrected chi connectivity index (χ2v) is 4.65. The zero-order chi connectivity index (χ0) is 15.9. The van der Waals surface area contributed by atoms with Crippen LogP contribution < -0.4 is 16.2 Å². The molecule has 2 rings (SSSR count). The zero-order valence-electron chi connectivity index (χ0n) is 12.1. The molecule has 2 amide bonds. The van der Waals surface area contributed by atoms with Crippen molar-refractivity contribution in [3.05, 3.63) is 58.3 Å². The number of anilines is 1. The van der Waals surface area contributed by atoms with Gasteiger partial charge in [0, 0.05) is 30.4 Å². The zero-order valence-corrected chi connectivity index (χ0v) is 12.1. The monoisotopic (exact) mass is 300 g/mol. The SMILES string of the molecule is Cc1nc(CCNC(=O)C(=O)Nc2ccccc2)cc(=O)[nH]1.